The van der Waals surface area contributed by atoms with Gasteiger partial charge in [-0.25, -0.2) is 0 Å². The molecule has 0 N–H and O–H groups in total. The predicted octanol–water partition coefficient (Wildman–Crippen LogP) is 2.66. The number of carbonyl (C=O) groups is 1. The Bertz CT molecular complexity index is 236. The van der Waals surface area contributed by atoms with Crippen LogP contribution in [0.4, 0.5) is 0 Å². The van der Waals surface area contributed by atoms with Gasteiger partial charge in [0, 0.05) is 3.42 Å². The van der Waals surface area contributed by atoms with Crippen molar-refractivity contribution in [3.63, 3.8) is 0 Å². The molecule has 1 aliphatic rings. The topological polar surface area (TPSA) is 17.1 Å². The van der Waals surface area contributed by atoms with E-state index >= 15 is 0 Å². The third kappa shape index (κ3) is 1.92. The monoisotopic (exact) mass is 262 g/mol. The van der Waals surface area contributed by atoms with Gasteiger partial charge in [-0.05, 0) is 25.8 Å². The minimum Gasteiger partial charge on any atom is -0.298 e. The maximum absolute atomic E-state index is 10.5. The molecule has 11 heavy (non-hydrogen) atoms. The fraction of sp³-hybridized carbons (Fsp3) is 0.444. The molecule has 0 aliphatic heterocycles. The molecule has 60 valence electrons. The molecule has 0 fully saturated rings. The van der Waals surface area contributed by atoms with Gasteiger partial charge in [0.25, 0.3) is 0 Å². The van der Waals surface area contributed by atoms with E-state index in [2.05, 4.69) is 36.4 Å². The summed E-state index contributed by atoms with van der Waals surface area (Å²) in [5.74, 6) is 0. The molecule has 0 aromatic carbocycles. The smallest absolute Gasteiger partial charge is 0.146 e. The lowest BCUT2D eigenvalue weighted by molar-refractivity contribution is -0.105. The zero-order chi connectivity index (χ0) is 8.48. The lowest BCUT2D eigenvalue weighted by Gasteiger charge is -2.26. The van der Waals surface area contributed by atoms with Crippen molar-refractivity contribution >= 4 is 28.9 Å². The number of rotatable bonds is 1. The van der Waals surface area contributed by atoms with Crippen LogP contribution in [0.1, 0.15) is 20.3 Å². The van der Waals surface area contributed by atoms with Crippen molar-refractivity contribution in [1.82, 2.24) is 0 Å². The Balaban J connectivity index is 2.92. The largest absolute Gasteiger partial charge is 0.298 e. The highest BCUT2D eigenvalue weighted by Crippen LogP contribution is 2.36. The quantitative estimate of drug-likeness (QED) is 0.403. The standard InChI is InChI=1S/C9H11IO/c1-7-3-4-8(6-11)5-9(7,2)10/h3-4,6H,5H2,1-2H3. The Kier molecular flexibility index (Phi) is 2.52. The zero-order valence-corrected chi connectivity index (χ0v) is 8.88. The molecule has 0 aromatic rings. The van der Waals surface area contributed by atoms with Crippen LogP contribution < -0.4 is 0 Å². The number of aldehydes is 1. The van der Waals surface area contributed by atoms with Crippen LogP contribution >= 0.6 is 22.6 Å². The zero-order valence-electron chi connectivity index (χ0n) is 6.73. The van der Waals surface area contributed by atoms with Gasteiger partial charge < -0.3 is 0 Å². The second-order valence-electron chi connectivity index (χ2n) is 3.08. The van der Waals surface area contributed by atoms with Gasteiger partial charge in [0.05, 0.1) is 0 Å². The summed E-state index contributed by atoms with van der Waals surface area (Å²) in [6.45, 7) is 4.25. The van der Waals surface area contributed by atoms with Crippen LogP contribution in [0.25, 0.3) is 0 Å². The molecule has 0 saturated heterocycles. The van der Waals surface area contributed by atoms with E-state index in [9.17, 15) is 4.79 Å². The van der Waals surface area contributed by atoms with E-state index in [0.29, 0.717) is 0 Å². The van der Waals surface area contributed by atoms with E-state index < -0.39 is 0 Å². The molecule has 0 radical (unpaired) electrons. The fourth-order valence-corrected chi connectivity index (χ4v) is 1.69. The lowest BCUT2D eigenvalue weighted by atomic mass is 9.90. The van der Waals surface area contributed by atoms with E-state index in [0.717, 1.165) is 18.3 Å². The van der Waals surface area contributed by atoms with Crippen LogP contribution in [0.2, 0.25) is 0 Å². The first-order valence-electron chi connectivity index (χ1n) is 3.58. The van der Waals surface area contributed by atoms with Crippen LogP contribution in [0.5, 0.6) is 0 Å². The van der Waals surface area contributed by atoms with Crippen LogP contribution in [0, 0.1) is 0 Å². The Morgan fingerprint density at radius 3 is 2.73 bits per heavy atom. The SMILES string of the molecule is CC1=CC=C(C=O)CC1(C)I. The van der Waals surface area contributed by atoms with Crippen LogP contribution in [-0.2, 0) is 4.79 Å². The van der Waals surface area contributed by atoms with Gasteiger partial charge in [0.2, 0.25) is 0 Å². The predicted molar refractivity (Wildman–Crippen MR) is 54.9 cm³/mol. The van der Waals surface area contributed by atoms with Gasteiger partial charge in [-0.15, -0.1) is 0 Å². The molecular formula is C9H11IO. The fourth-order valence-electron chi connectivity index (χ4n) is 1.07. The highest BCUT2D eigenvalue weighted by atomic mass is 127. The van der Waals surface area contributed by atoms with Crippen LogP contribution in [0.15, 0.2) is 23.3 Å². The Morgan fingerprint density at radius 2 is 2.27 bits per heavy atom. The minimum absolute atomic E-state index is 0.142. The Labute approximate surface area is 80.7 Å². The second-order valence-corrected chi connectivity index (χ2v) is 5.46. The third-order valence-corrected chi connectivity index (χ3v) is 3.29. The third-order valence-electron chi connectivity index (χ3n) is 2.06. The van der Waals surface area contributed by atoms with Crippen molar-refractivity contribution in [1.29, 1.82) is 0 Å². The highest BCUT2D eigenvalue weighted by molar-refractivity contribution is 14.1. The van der Waals surface area contributed by atoms with Crippen molar-refractivity contribution < 1.29 is 4.79 Å². The summed E-state index contributed by atoms with van der Waals surface area (Å²) in [5, 5.41) is 0. The van der Waals surface area contributed by atoms with Crippen molar-refractivity contribution in [2.45, 2.75) is 23.7 Å². The molecule has 1 rings (SSSR count). The molecule has 0 spiro atoms. The number of allylic oxidation sites excluding steroid dienone is 4. The normalized spacial score (nSPS) is 30.8. The summed E-state index contributed by atoms with van der Waals surface area (Å²) in [4.78, 5) is 10.5. The summed E-state index contributed by atoms with van der Waals surface area (Å²) in [7, 11) is 0. The van der Waals surface area contributed by atoms with Crippen molar-refractivity contribution in [2.24, 2.45) is 0 Å². The van der Waals surface area contributed by atoms with Crippen LogP contribution in [-0.4, -0.2) is 9.71 Å². The molecular weight excluding hydrogens is 251 g/mol. The van der Waals surface area contributed by atoms with Gasteiger partial charge in [0.15, 0.2) is 0 Å². The summed E-state index contributed by atoms with van der Waals surface area (Å²) in [6.07, 6.45) is 5.74. The minimum atomic E-state index is 0.142. The van der Waals surface area contributed by atoms with Crippen molar-refractivity contribution in [3.05, 3.63) is 23.3 Å². The highest BCUT2D eigenvalue weighted by Gasteiger charge is 2.25. The van der Waals surface area contributed by atoms with Crippen molar-refractivity contribution in [2.75, 3.05) is 0 Å². The number of hydrogen-bond acceptors (Lipinski definition) is 1. The van der Waals surface area contributed by atoms with Gasteiger partial charge in [-0.1, -0.05) is 40.3 Å². The van der Waals surface area contributed by atoms with E-state index in [1.807, 2.05) is 12.2 Å². The molecule has 1 aliphatic carbocycles. The van der Waals surface area contributed by atoms with E-state index in [1.165, 1.54) is 5.57 Å². The van der Waals surface area contributed by atoms with Gasteiger partial charge in [0.1, 0.15) is 6.29 Å². The molecule has 0 bridgehead atoms. The lowest BCUT2D eigenvalue weighted by Crippen LogP contribution is -2.20. The summed E-state index contributed by atoms with van der Waals surface area (Å²) >= 11 is 2.39. The average molecular weight is 262 g/mol. The maximum Gasteiger partial charge on any atom is 0.146 e. The Morgan fingerprint density at radius 1 is 1.64 bits per heavy atom. The molecule has 0 saturated carbocycles. The molecule has 0 aromatic heterocycles. The van der Waals surface area contributed by atoms with Crippen LogP contribution in [0.3, 0.4) is 0 Å². The maximum atomic E-state index is 10.5. The number of carbonyl (C=O) groups excluding carboxylic acids is 1. The summed E-state index contributed by atoms with van der Waals surface area (Å²) in [6, 6.07) is 0. The molecule has 2 heteroatoms. The first kappa shape index (κ1) is 8.97. The summed E-state index contributed by atoms with van der Waals surface area (Å²) in [5.41, 5.74) is 2.23. The first-order valence-corrected chi connectivity index (χ1v) is 4.66. The van der Waals surface area contributed by atoms with Crippen molar-refractivity contribution in [3.8, 4) is 0 Å². The number of alkyl halides is 1. The molecule has 1 nitrogen and oxygen atoms in total. The molecule has 0 heterocycles. The van der Waals surface area contributed by atoms with Gasteiger partial charge in [-0.2, -0.15) is 0 Å². The van der Waals surface area contributed by atoms with E-state index in [-0.39, 0.29) is 3.42 Å². The number of hydrogen-bond donors (Lipinski definition) is 0. The van der Waals surface area contributed by atoms with Gasteiger partial charge in [-0.3, -0.25) is 4.79 Å². The van der Waals surface area contributed by atoms with E-state index in [4.69, 9.17) is 0 Å². The molecule has 1 unspecified atom stereocenters. The summed E-state index contributed by atoms with van der Waals surface area (Å²) < 4.78 is 0.142. The molecule has 0 amide bonds. The molecule has 1 atom stereocenters. The van der Waals surface area contributed by atoms with E-state index in [1.54, 1.807) is 0 Å². The van der Waals surface area contributed by atoms with Gasteiger partial charge >= 0.3 is 0 Å². The Hall–Kier alpha value is -0.120. The average Bonchev–Trinajstić information content (AvgIpc) is 1.95. The second kappa shape index (κ2) is 3.09. The number of halogens is 1. The first-order chi connectivity index (χ1) is 5.06.